The number of hydrogen-bond donors (Lipinski definition) is 1. The SMILES string of the molecule is COc1cc(C)ccc1NC(=O)/C=C/c1ccccc1Cl. The molecule has 108 valence electrons. The molecule has 4 heteroatoms. The van der Waals surface area contributed by atoms with E-state index in [0.717, 1.165) is 11.1 Å². The van der Waals surface area contributed by atoms with Gasteiger partial charge in [-0.25, -0.2) is 0 Å². The van der Waals surface area contributed by atoms with Gasteiger partial charge >= 0.3 is 0 Å². The van der Waals surface area contributed by atoms with Crippen LogP contribution in [0, 0.1) is 6.92 Å². The largest absolute Gasteiger partial charge is 0.495 e. The first-order chi connectivity index (χ1) is 10.1. The molecule has 0 aliphatic carbocycles. The molecule has 0 saturated heterocycles. The maximum Gasteiger partial charge on any atom is 0.248 e. The summed E-state index contributed by atoms with van der Waals surface area (Å²) in [6.45, 7) is 1.96. The lowest BCUT2D eigenvalue weighted by Crippen LogP contribution is -2.09. The van der Waals surface area contributed by atoms with Crippen LogP contribution in [0.1, 0.15) is 11.1 Å². The lowest BCUT2D eigenvalue weighted by atomic mass is 10.2. The number of ether oxygens (including phenoxy) is 1. The molecule has 3 nitrogen and oxygen atoms in total. The number of carbonyl (C=O) groups is 1. The van der Waals surface area contributed by atoms with E-state index in [1.54, 1.807) is 19.3 Å². The van der Waals surface area contributed by atoms with Gasteiger partial charge in [-0.15, -0.1) is 0 Å². The quantitative estimate of drug-likeness (QED) is 0.855. The van der Waals surface area contributed by atoms with Crippen molar-refractivity contribution in [2.75, 3.05) is 12.4 Å². The van der Waals surface area contributed by atoms with Gasteiger partial charge in [-0.1, -0.05) is 35.9 Å². The van der Waals surface area contributed by atoms with Crippen LogP contribution >= 0.6 is 11.6 Å². The van der Waals surface area contributed by atoms with E-state index < -0.39 is 0 Å². The van der Waals surface area contributed by atoms with Crippen LogP contribution in [-0.4, -0.2) is 13.0 Å². The molecule has 1 amide bonds. The van der Waals surface area contributed by atoms with Crippen LogP contribution in [-0.2, 0) is 4.79 Å². The third-order valence-corrected chi connectivity index (χ3v) is 3.28. The number of rotatable bonds is 4. The zero-order valence-corrected chi connectivity index (χ0v) is 12.6. The summed E-state index contributed by atoms with van der Waals surface area (Å²) in [5.41, 5.74) is 2.50. The van der Waals surface area contributed by atoms with Crippen molar-refractivity contribution >= 4 is 29.3 Å². The third kappa shape index (κ3) is 4.10. The van der Waals surface area contributed by atoms with Crippen molar-refractivity contribution in [3.63, 3.8) is 0 Å². The van der Waals surface area contributed by atoms with Crippen molar-refractivity contribution in [1.29, 1.82) is 0 Å². The minimum Gasteiger partial charge on any atom is -0.495 e. The number of nitrogens with one attached hydrogen (secondary N) is 1. The highest BCUT2D eigenvalue weighted by Crippen LogP contribution is 2.25. The fourth-order valence-electron chi connectivity index (χ4n) is 1.85. The Morgan fingerprint density at radius 3 is 2.71 bits per heavy atom. The molecule has 0 aromatic heterocycles. The standard InChI is InChI=1S/C17H16ClNO2/c1-12-7-9-15(16(11-12)21-2)19-17(20)10-8-13-5-3-4-6-14(13)18/h3-11H,1-2H3,(H,19,20)/b10-8+. The topological polar surface area (TPSA) is 38.3 Å². The maximum atomic E-state index is 12.0. The van der Waals surface area contributed by atoms with E-state index in [2.05, 4.69) is 5.32 Å². The molecule has 21 heavy (non-hydrogen) atoms. The Labute approximate surface area is 129 Å². The fourth-order valence-corrected chi connectivity index (χ4v) is 2.05. The molecule has 0 spiro atoms. The van der Waals surface area contributed by atoms with Crippen molar-refractivity contribution in [2.45, 2.75) is 6.92 Å². The van der Waals surface area contributed by atoms with E-state index in [4.69, 9.17) is 16.3 Å². The average Bonchev–Trinajstić information content (AvgIpc) is 2.48. The molecule has 0 aliphatic rings. The molecule has 0 radical (unpaired) electrons. The minimum absolute atomic E-state index is 0.239. The van der Waals surface area contributed by atoms with Gasteiger partial charge in [-0.3, -0.25) is 4.79 Å². The van der Waals surface area contributed by atoms with E-state index in [-0.39, 0.29) is 5.91 Å². The predicted octanol–water partition coefficient (Wildman–Crippen LogP) is 4.31. The molecular formula is C17H16ClNO2. The molecular weight excluding hydrogens is 286 g/mol. The lowest BCUT2D eigenvalue weighted by molar-refractivity contribution is -0.111. The second-order valence-electron chi connectivity index (χ2n) is 4.55. The van der Waals surface area contributed by atoms with Crippen LogP contribution in [0.4, 0.5) is 5.69 Å². The molecule has 1 N–H and O–H groups in total. The minimum atomic E-state index is -0.239. The average molecular weight is 302 g/mol. The first-order valence-electron chi connectivity index (χ1n) is 6.48. The van der Waals surface area contributed by atoms with Crippen LogP contribution in [0.15, 0.2) is 48.5 Å². The Morgan fingerprint density at radius 2 is 2.00 bits per heavy atom. The number of aryl methyl sites for hydroxylation is 1. The molecule has 0 unspecified atom stereocenters. The zero-order chi connectivity index (χ0) is 15.2. The van der Waals surface area contributed by atoms with Crippen LogP contribution in [0.3, 0.4) is 0 Å². The van der Waals surface area contributed by atoms with E-state index in [1.807, 2.05) is 43.3 Å². The number of carbonyl (C=O) groups excluding carboxylic acids is 1. The van der Waals surface area contributed by atoms with Gasteiger partial charge in [0.25, 0.3) is 0 Å². The Bertz CT molecular complexity index is 680. The number of hydrogen-bond acceptors (Lipinski definition) is 2. The van der Waals surface area contributed by atoms with Crippen molar-refractivity contribution in [1.82, 2.24) is 0 Å². The van der Waals surface area contributed by atoms with E-state index in [0.29, 0.717) is 16.5 Å². The van der Waals surface area contributed by atoms with Gasteiger partial charge in [0, 0.05) is 11.1 Å². The third-order valence-electron chi connectivity index (χ3n) is 2.93. The van der Waals surface area contributed by atoms with Gasteiger partial charge in [0.15, 0.2) is 0 Å². The molecule has 0 saturated carbocycles. The monoisotopic (exact) mass is 301 g/mol. The second-order valence-corrected chi connectivity index (χ2v) is 4.96. The van der Waals surface area contributed by atoms with E-state index in [1.165, 1.54) is 6.08 Å². The van der Waals surface area contributed by atoms with Gasteiger partial charge in [0.1, 0.15) is 5.75 Å². The summed E-state index contributed by atoms with van der Waals surface area (Å²) < 4.78 is 5.25. The summed E-state index contributed by atoms with van der Waals surface area (Å²) in [5.74, 6) is 0.395. The smallest absolute Gasteiger partial charge is 0.248 e. The van der Waals surface area contributed by atoms with Crippen LogP contribution in [0.25, 0.3) is 6.08 Å². The highest BCUT2D eigenvalue weighted by molar-refractivity contribution is 6.32. The van der Waals surface area contributed by atoms with E-state index in [9.17, 15) is 4.79 Å². The first kappa shape index (κ1) is 15.1. The van der Waals surface area contributed by atoms with Gasteiger partial charge in [-0.2, -0.15) is 0 Å². The van der Waals surface area contributed by atoms with Crippen molar-refractivity contribution in [3.05, 3.63) is 64.7 Å². The van der Waals surface area contributed by atoms with Crippen molar-refractivity contribution < 1.29 is 9.53 Å². The van der Waals surface area contributed by atoms with Crippen LogP contribution < -0.4 is 10.1 Å². The van der Waals surface area contributed by atoms with Crippen molar-refractivity contribution in [2.24, 2.45) is 0 Å². The van der Waals surface area contributed by atoms with Gasteiger partial charge in [-0.05, 0) is 42.3 Å². The van der Waals surface area contributed by atoms with Crippen molar-refractivity contribution in [3.8, 4) is 5.75 Å². The van der Waals surface area contributed by atoms with Crippen LogP contribution in [0.5, 0.6) is 5.75 Å². The van der Waals surface area contributed by atoms with Crippen LogP contribution in [0.2, 0.25) is 5.02 Å². The molecule has 0 fully saturated rings. The molecule has 2 aromatic rings. The summed E-state index contributed by atoms with van der Waals surface area (Å²) in [6, 6.07) is 12.9. The highest BCUT2D eigenvalue weighted by Gasteiger charge is 2.05. The number of halogens is 1. The summed E-state index contributed by atoms with van der Waals surface area (Å²) in [7, 11) is 1.57. The van der Waals surface area contributed by atoms with Gasteiger partial charge in [0.05, 0.1) is 12.8 Å². The molecule has 2 aromatic carbocycles. The summed E-state index contributed by atoms with van der Waals surface area (Å²) >= 11 is 6.03. The molecule has 0 atom stereocenters. The lowest BCUT2D eigenvalue weighted by Gasteiger charge is -2.09. The Kier molecular flexibility index (Phi) is 5.01. The molecule has 2 rings (SSSR count). The number of methoxy groups -OCH3 is 1. The van der Waals surface area contributed by atoms with Gasteiger partial charge in [0.2, 0.25) is 5.91 Å². The molecule has 0 aliphatic heterocycles. The normalized spacial score (nSPS) is 10.6. The Morgan fingerprint density at radius 1 is 1.24 bits per heavy atom. The maximum absolute atomic E-state index is 12.0. The Hall–Kier alpha value is -2.26. The fraction of sp³-hybridized carbons (Fsp3) is 0.118. The highest BCUT2D eigenvalue weighted by atomic mass is 35.5. The second kappa shape index (κ2) is 6.95. The Balaban J connectivity index is 2.10. The molecule has 0 bridgehead atoms. The molecule has 0 heterocycles. The summed E-state index contributed by atoms with van der Waals surface area (Å²) in [5, 5.41) is 3.39. The summed E-state index contributed by atoms with van der Waals surface area (Å²) in [4.78, 5) is 12.0. The number of amides is 1. The van der Waals surface area contributed by atoms with Gasteiger partial charge < -0.3 is 10.1 Å². The number of benzene rings is 2. The predicted molar refractivity (Wildman–Crippen MR) is 86.8 cm³/mol. The first-order valence-corrected chi connectivity index (χ1v) is 6.86. The zero-order valence-electron chi connectivity index (χ0n) is 11.9. The van der Waals surface area contributed by atoms with E-state index >= 15 is 0 Å². The summed E-state index contributed by atoms with van der Waals surface area (Å²) in [6.07, 6.45) is 3.12. The number of anilines is 1.